The highest BCUT2D eigenvalue weighted by molar-refractivity contribution is 5.80. The maximum absolute atomic E-state index is 11.5. The van der Waals surface area contributed by atoms with Crippen LogP contribution >= 0.6 is 0 Å². The smallest absolute Gasteiger partial charge is 0.251 e. The lowest BCUT2D eigenvalue weighted by Gasteiger charge is -2.19. The first-order valence-electron chi connectivity index (χ1n) is 4.22. The molecule has 4 heteroatoms. The SMILES string of the molecule is COC(C)C(=O)N1CC[C@H](N)C1. The van der Waals surface area contributed by atoms with Gasteiger partial charge in [0.05, 0.1) is 0 Å². The van der Waals surface area contributed by atoms with Gasteiger partial charge in [-0.15, -0.1) is 0 Å². The molecule has 0 aromatic heterocycles. The van der Waals surface area contributed by atoms with Crippen molar-refractivity contribution in [1.29, 1.82) is 0 Å². The fourth-order valence-electron chi connectivity index (χ4n) is 1.35. The molecule has 0 aromatic rings. The summed E-state index contributed by atoms with van der Waals surface area (Å²) in [5, 5.41) is 0. The third-order valence-electron chi connectivity index (χ3n) is 2.24. The lowest BCUT2D eigenvalue weighted by molar-refractivity contribution is -0.139. The molecule has 1 rings (SSSR count). The quantitative estimate of drug-likeness (QED) is 0.615. The van der Waals surface area contributed by atoms with Crippen molar-refractivity contribution in [2.75, 3.05) is 20.2 Å². The van der Waals surface area contributed by atoms with Crippen molar-refractivity contribution < 1.29 is 9.53 Å². The van der Waals surface area contributed by atoms with Gasteiger partial charge in [0.2, 0.25) is 0 Å². The fraction of sp³-hybridized carbons (Fsp3) is 0.875. The Morgan fingerprint density at radius 1 is 1.75 bits per heavy atom. The number of amides is 1. The highest BCUT2D eigenvalue weighted by atomic mass is 16.5. The van der Waals surface area contributed by atoms with Gasteiger partial charge in [0.25, 0.3) is 5.91 Å². The third-order valence-corrected chi connectivity index (χ3v) is 2.24. The largest absolute Gasteiger partial charge is 0.372 e. The number of nitrogens with two attached hydrogens (primary N) is 1. The van der Waals surface area contributed by atoms with E-state index in [1.54, 1.807) is 18.9 Å². The lowest BCUT2D eigenvalue weighted by atomic mass is 10.3. The summed E-state index contributed by atoms with van der Waals surface area (Å²) in [6, 6.07) is 0.151. The standard InChI is InChI=1S/C8H16N2O2/c1-6(12-2)8(11)10-4-3-7(9)5-10/h6-7H,3-5,9H2,1-2H3/t6?,7-/m0/s1. The molecule has 1 fully saturated rings. The van der Waals surface area contributed by atoms with Crippen LogP contribution in [0.3, 0.4) is 0 Å². The van der Waals surface area contributed by atoms with E-state index in [4.69, 9.17) is 10.5 Å². The zero-order chi connectivity index (χ0) is 9.14. The number of carbonyl (C=O) groups excluding carboxylic acids is 1. The molecule has 1 unspecified atom stereocenters. The number of hydrogen-bond donors (Lipinski definition) is 1. The van der Waals surface area contributed by atoms with Crippen molar-refractivity contribution >= 4 is 5.91 Å². The van der Waals surface area contributed by atoms with Crippen molar-refractivity contribution in [3.05, 3.63) is 0 Å². The topological polar surface area (TPSA) is 55.6 Å². The molecule has 1 aliphatic heterocycles. The molecule has 4 nitrogen and oxygen atoms in total. The van der Waals surface area contributed by atoms with Crippen LogP contribution in [0.2, 0.25) is 0 Å². The molecule has 1 saturated heterocycles. The Morgan fingerprint density at radius 2 is 2.42 bits per heavy atom. The minimum Gasteiger partial charge on any atom is -0.372 e. The first kappa shape index (κ1) is 9.48. The number of carbonyl (C=O) groups is 1. The van der Waals surface area contributed by atoms with Crippen LogP contribution in [0.5, 0.6) is 0 Å². The molecule has 1 amide bonds. The molecule has 0 aromatic carbocycles. The Labute approximate surface area is 72.7 Å². The predicted octanol–water partition coefficient (Wildman–Crippen LogP) is -0.419. The molecule has 1 aliphatic rings. The molecule has 0 bridgehead atoms. The summed E-state index contributed by atoms with van der Waals surface area (Å²) in [7, 11) is 1.54. The van der Waals surface area contributed by atoms with Gasteiger partial charge in [-0.2, -0.15) is 0 Å². The van der Waals surface area contributed by atoms with E-state index in [0.717, 1.165) is 13.0 Å². The van der Waals surface area contributed by atoms with Crippen LogP contribution in [-0.2, 0) is 9.53 Å². The summed E-state index contributed by atoms with van der Waals surface area (Å²) >= 11 is 0. The molecular weight excluding hydrogens is 156 g/mol. The number of nitrogens with zero attached hydrogens (tertiary/aromatic N) is 1. The van der Waals surface area contributed by atoms with Crippen LogP contribution in [0, 0.1) is 0 Å². The van der Waals surface area contributed by atoms with Crippen LogP contribution < -0.4 is 5.73 Å². The molecule has 0 saturated carbocycles. The molecule has 0 radical (unpaired) electrons. The van der Waals surface area contributed by atoms with E-state index < -0.39 is 0 Å². The summed E-state index contributed by atoms with van der Waals surface area (Å²) in [5.74, 6) is 0.0467. The Morgan fingerprint density at radius 3 is 2.83 bits per heavy atom. The van der Waals surface area contributed by atoms with Gasteiger partial charge in [-0.3, -0.25) is 4.79 Å². The number of methoxy groups -OCH3 is 1. The van der Waals surface area contributed by atoms with Crippen molar-refractivity contribution in [3.8, 4) is 0 Å². The number of hydrogen-bond acceptors (Lipinski definition) is 3. The van der Waals surface area contributed by atoms with Gasteiger partial charge in [0.15, 0.2) is 0 Å². The zero-order valence-electron chi connectivity index (χ0n) is 7.62. The van der Waals surface area contributed by atoms with Crippen molar-refractivity contribution in [1.82, 2.24) is 4.90 Å². The Hall–Kier alpha value is -0.610. The van der Waals surface area contributed by atoms with E-state index in [1.807, 2.05) is 0 Å². The molecule has 2 atom stereocenters. The van der Waals surface area contributed by atoms with Crippen LogP contribution in [0.1, 0.15) is 13.3 Å². The molecule has 70 valence electrons. The summed E-state index contributed by atoms with van der Waals surface area (Å²) < 4.78 is 4.93. The number of likely N-dealkylation sites (tertiary alicyclic amines) is 1. The van der Waals surface area contributed by atoms with Crippen LogP contribution in [0.25, 0.3) is 0 Å². The second-order valence-corrected chi connectivity index (χ2v) is 3.21. The minimum absolute atomic E-state index is 0.0467. The second kappa shape index (κ2) is 3.87. The summed E-state index contributed by atoms with van der Waals surface area (Å²) in [6.07, 6.45) is 0.567. The molecule has 12 heavy (non-hydrogen) atoms. The zero-order valence-corrected chi connectivity index (χ0v) is 7.62. The Kier molecular flexibility index (Phi) is 3.05. The monoisotopic (exact) mass is 172 g/mol. The highest BCUT2D eigenvalue weighted by Gasteiger charge is 2.26. The van der Waals surface area contributed by atoms with Crippen LogP contribution in [0.15, 0.2) is 0 Å². The maximum atomic E-state index is 11.5. The van der Waals surface area contributed by atoms with E-state index in [2.05, 4.69) is 0 Å². The molecule has 0 spiro atoms. The second-order valence-electron chi connectivity index (χ2n) is 3.21. The number of rotatable bonds is 2. The molecular formula is C8H16N2O2. The summed E-state index contributed by atoms with van der Waals surface area (Å²) in [6.45, 7) is 3.20. The first-order valence-corrected chi connectivity index (χ1v) is 4.22. The maximum Gasteiger partial charge on any atom is 0.251 e. The van der Waals surface area contributed by atoms with Crippen LogP contribution in [-0.4, -0.2) is 43.2 Å². The number of ether oxygens (including phenoxy) is 1. The van der Waals surface area contributed by atoms with Gasteiger partial charge in [0.1, 0.15) is 6.10 Å². The van der Waals surface area contributed by atoms with Gasteiger partial charge < -0.3 is 15.4 Å². The highest BCUT2D eigenvalue weighted by Crippen LogP contribution is 2.09. The normalized spacial score (nSPS) is 25.9. The Balaban J connectivity index is 2.43. The average molecular weight is 172 g/mol. The van der Waals surface area contributed by atoms with E-state index in [9.17, 15) is 4.79 Å². The van der Waals surface area contributed by atoms with E-state index in [0.29, 0.717) is 6.54 Å². The third kappa shape index (κ3) is 1.95. The van der Waals surface area contributed by atoms with Gasteiger partial charge in [0, 0.05) is 26.2 Å². The van der Waals surface area contributed by atoms with E-state index in [-0.39, 0.29) is 18.1 Å². The van der Waals surface area contributed by atoms with Gasteiger partial charge in [-0.25, -0.2) is 0 Å². The first-order chi connectivity index (χ1) is 5.65. The van der Waals surface area contributed by atoms with Crippen LogP contribution in [0.4, 0.5) is 0 Å². The van der Waals surface area contributed by atoms with E-state index >= 15 is 0 Å². The van der Waals surface area contributed by atoms with Gasteiger partial charge in [-0.05, 0) is 13.3 Å². The Bertz CT molecular complexity index is 172. The van der Waals surface area contributed by atoms with E-state index in [1.165, 1.54) is 0 Å². The molecule has 2 N–H and O–H groups in total. The van der Waals surface area contributed by atoms with Crippen molar-refractivity contribution in [3.63, 3.8) is 0 Å². The lowest BCUT2D eigenvalue weighted by Crippen LogP contribution is -2.38. The molecule has 0 aliphatic carbocycles. The summed E-state index contributed by atoms with van der Waals surface area (Å²) in [4.78, 5) is 13.2. The fourth-order valence-corrected chi connectivity index (χ4v) is 1.35. The minimum atomic E-state index is -0.338. The van der Waals surface area contributed by atoms with Gasteiger partial charge >= 0.3 is 0 Å². The van der Waals surface area contributed by atoms with Gasteiger partial charge in [-0.1, -0.05) is 0 Å². The molecule has 1 heterocycles. The van der Waals surface area contributed by atoms with Crippen molar-refractivity contribution in [2.45, 2.75) is 25.5 Å². The predicted molar refractivity (Wildman–Crippen MR) is 45.6 cm³/mol. The van der Waals surface area contributed by atoms with Crippen molar-refractivity contribution in [2.24, 2.45) is 5.73 Å². The average Bonchev–Trinajstić information content (AvgIpc) is 2.49. The summed E-state index contributed by atoms with van der Waals surface area (Å²) in [5.41, 5.74) is 5.67.